The lowest BCUT2D eigenvalue weighted by molar-refractivity contribution is 0.00578. The lowest BCUT2D eigenvalue weighted by Gasteiger charge is -2.32. The van der Waals surface area contributed by atoms with Gasteiger partial charge in [0, 0.05) is 56.2 Å². The molecule has 0 bridgehead atoms. The van der Waals surface area contributed by atoms with Gasteiger partial charge in [-0.25, -0.2) is 0 Å². The highest BCUT2D eigenvalue weighted by Gasteiger charge is 2.51. The molecule has 4 aromatic heterocycles. The molecule has 0 unspecified atom stereocenters. The lowest BCUT2D eigenvalue weighted by atomic mass is 9.75. The van der Waals surface area contributed by atoms with Crippen molar-refractivity contribution in [2.75, 3.05) is 0 Å². The zero-order valence-electron chi connectivity index (χ0n) is 36.5. The van der Waals surface area contributed by atoms with Gasteiger partial charge in [-0.05, 0) is 133 Å². The van der Waals surface area contributed by atoms with Gasteiger partial charge in [0.15, 0.2) is 0 Å². The number of para-hydroxylation sites is 2. The molecule has 5 heterocycles. The number of furan rings is 2. The van der Waals surface area contributed by atoms with Gasteiger partial charge >= 0.3 is 7.12 Å². The highest BCUT2D eigenvalue weighted by molar-refractivity contribution is 6.62. The number of fused-ring (bicyclic) bond motifs is 6. The first-order valence-corrected chi connectivity index (χ1v) is 22.1. The molecule has 0 spiro atoms. The third-order valence-corrected chi connectivity index (χ3v) is 13.5. The van der Waals surface area contributed by atoms with E-state index in [2.05, 4.69) is 155 Å². The second-order valence-electron chi connectivity index (χ2n) is 18.0. The Labute approximate surface area is 377 Å². The Morgan fingerprint density at radius 2 is 0.738 bits per heavy atom. The molecule has 312 valence electrons. The first-order valence-electron chi connectivity index (χ1n) is 22.1. The van der Waals surface area contributed by atoms with Crippen LogP contribution in [0.5, 0.6) is 0 Å². The summed E-state index contributed by atoms with van der Waals surface area (Å²) in [6.07, 6.45) is 3.96. The third kappa shape index (κ3) is 6.74. The average Bonchev–Trinajstić information content (AvgIpc) is 3.98. The van der Waals surface area contributed by atoms with E-state index in [1.807, 2.05) is 60.9 Å². The average molecular weight is 843 g/mol. The largest absolute Gasteiger partial charge is 0.494 e. The normalized spacial score (nSPS) is 14.6. The zero-order chi connectivity index (χ0) is 43.9. The van der Waals surface area contributed by atoms with Gasteiger partial charge in [0.25, 0.3) is 0 Å². The predicted molar refractivity (Wildman–Crippen MR) is 265 cm³/mol. The number of aromatic nitrogens is 2. The van der Waals surface area contributed by atoms with Crippen LogP contribution in [0.1, 0.15) is 27.7 Å². The van der Waals surface area contributed by atoms with Crippen molar-refractivity contribution in [3.05, 3.63) is 188 Å². The van der Waals surface area contributed by atoms with Crippen molar-refractivity contribution >= 4 is 56.5 Å². The molecular weight excluding hydrogens is 799 g/mol. The molecule has 0 aliphatic carbocycles. The van der Waals surface area contributed by atoms with Crippen LogP contribution in [0, 0.1) is 0 Å². The molecule has 1 fully saturated rings. The molecule has 65 heavy (non-hydrogen) atoms. The van der Waals surface area contributed by atoms with Crippen molar-refractivity contribution < 1.29 is 18.1 Å². The summed E-state index contributed by atoms with van der Waals surface area (Å²) in [4.78, 5) is 10.0. The van der Waals surface area contributed by atoms with E-state index >= 15 is 0 Å². The Hall–Kier alpha value is -7.58. The second kappa shape index (κ2) is 15.0. The van der Waals surface area contributed by atoms with Crippen LogP contribution in [-0.4, -0.2) is 28.3 Å². The van der Waals surface area contributed by atoms with E-state index in [1.54, 1.807) is 0 Å². The van der Waals surface area contributed by atoms with Crippen LogP contribution in [0.3, 0.4) is 0 Å². The molecule has 7 heteroatoms. The topological polar surface area (TPSA) is 70.5 Å². The Kier molecular flexibility index (Phi) is 9.02. The molecule has 6 nitrogen and oxygen atoms in total. The Morgan fingerprint density at radius 1 is 0.354 bits per heavy atom. The minimum Gasteiger partial charge on any atom is -0.456 e. The molecule has 0 amide bonds. The van der Waals surface area contributed by atoms with Gasteiger partial charge in [-0.15, -0.1) is 0 Å². The SMILES string of the molecule is CC1(C)OB(c2cc(-c3ccccc3-c3ccc(-c4ccc5oc6ccccc6c5c4)nc3)cc(-c3ccccc3-c3ccc(-c4ccc5oc6ccccc6c5c4)nc3)c2)OC1(C)C. The summed E-state index contributed by atoms with van der Waals surface area (Å²) in [5.41, 5.74) is 15.8. The number of pyridine rings is 2. The smallest absolute Gasteiger partial charge is 0.456 e. The Morgan fingerprint density at radius 3 is 1.17 bits per heavy atom. The van der Waals surface area contributed by atoms with Crippen LogP contribution >= 0.6 is 0 Å². The highest BCUT2D eigenvalue weighted by atomic mass is 16.7. The van der Waals surface area contributed by atoms with Gasteiger partial charge in [-0.1, -0.05) is 109 Å². The van der Waals surface area contributed by atoms with Crippen LogP contribution in [0.25, 0.3) is 111 Å². The molecular formula is C58H43BN2O4. The third-order valence-electron chi connectivity index (χ3n) is 13.5. The maximum absolute atomic E-state index is 6.71. The van der Waals surface area contributed by atoms with Crippen LogP contribution in [-0.2, 0) is 9.31 Å². The molecule has 11 aromatic rings. The fourth-order valence-electron chi connectivity index (χ4n) is 9.27. The number of hydrogen-bond acceptors (Lipinski definition) is 6. The van der Waals surface area contributed by atoms with E-state index < -0.39 is 18.3 Å². The van der Waals surface area contributed by atoms with E-state index in [9.17, 15) is 0 Å². The van der Waals surface area contributed by atoms with Crippen molar-refractivity contribution in [2.45, 2.75) is 38.9 Å². The molecule has 0 atom stereocenters. The van der Waals surface area contributed by atoms with Crippen molar-refractivity contribution in [3.63, 3.8) is 0 Å². The van der Waals surface area contributed by atoms with Gasteiger partial charge < -0.3 is 18.1 Å². The number of hydrogen-bond donors (Lipinski definition) is 0. The summed E-state index contributed by atoms with van der Waals surface area (Å²) in [6, 6.07) is 61.2. The second-order valence-corrected chi connectivity index (χ2v) is 18.0. The maximum Gasteiger partial charge on any atom is 0.494 e. The van der Waals surface area contributed by atoms with E-state index in [1.165, 1.54) is 0 Å². The molecule has 7 aromatic carbocycles. The summed E-state index contributed by atoms with van der Waals surface area (Å²) in [5.74, 6) is 0. The predicted octanol–water partition coefficient (Wildman–Crippen LogP) is 14.6. The molecule has 1 saturated heterocycles. The van der Waals surface area contributed by atoms with Crippen LogP contribution in [0.15, 0.2) is 197 Å². The number of rotatable bonds is 7. The number of benzene rings is 7. The summed E-state index contributed by atoms with van der Waals surface area (Å²) in [7, 11) is -0.561. The summed E-state index contributed by atoms with van der Waals surface area (Å²) >= 11 is 0. The van der Waals surface area contributed by atoms with E-state index in [-0.39, 0.29) is 0 Å². The van der Waals surface area contributed by atoms with Gasteiger partial charge in [-0.3, -0.25) is 9.97 Å². The van der Waals surface area contributed by atoms with Gasteiger partial charge in [0.05, 0.1) is 22.6 Å². The van der Waals surface area contributed by atoms with Crippen molar-refractivity contribution in [2.24, 2.45) is 0 Å². The fourth-order valence-corrected chi connectivity index (χ4v) is 9.27. The first kappa shape index (κ1) is 39.0. The van der Waals surface area contributed by atoms with Crippen molar-refractivity contribution in [1.82, 2.24) is 9.97 Å². The van der Waals surface area contributed by atoms with Crippen molar-refractivity contribution in [3.8, 4) is 67.0 Å². The molecule has 1 aliphatic rings. The zero-order valence-corrected chi connectivity index (χ0v) is 36.5. The minimum absolute atomic E-state index is 0.505. The molecule has 12 rings (SSSR count). The molecule has 0 N–H and O–H groups in total. The monoisotopic (exact) mass is 842 g/mol. The van der Waals surface area contributed by atoms with Crippen molar-refractivity contribution in [1.29, 1.82) is 0 Å². The quantitative estimate of drug-likeness (QED) is 0.149. The van der Waals surface area contributed by atoms with E-state index in [0.29, 0.717) is 0 Å². The lowest BCUT2D eigenvalue weighted by Crippen LogP contribution is -2.41. The van der Waals surface area contributed by atoms with Crippen LogP contribution in [0.4, 0.5) is 0 Å². The molecule has 0 saturated carbocycles. The number of nitrogens with zero attached hydrogens (tertiary/aromatic N) is 2. The summed E-state index contributed by atoms with van der Waals surface area (Å²) < 4.78 is 25.6. The fraction of sp³-hybridized carbons (Fsp3) is 0.103. The van der Waals surface area contributed by atoms with Gasteiger partial charge in [-0.2, -0.15) is 0 Å². The van der Waals surface area contributed by atoms with E-state index in [4.69, 9.17) is 28.1 Å². The Balaban J connectivity index is 0.927. The summed E-state index contributed by atoms with van der Waals surface area (Å²) in [6.45, 7) is 8.39. The standard InChI is InChI=1S/C58H43BN2O4/c1-57(2)58(3,4)65-59(64-57)42-30-40(45-15-7-5-13-43(45)38-21-25-51(60-34-38)36-23-27-55-49(32-36)47-17-9-11-19-53(47)62-55)29-41(31-42)46-16-8-6-14-44(46)39-22-26-52(61-35-39)37-24-28-56-50(33-37)48-18-10-12-20-54(48)63-56/h5-35H,1-4H3. The molecule has 1 aliphatic heterocycles. The highest BCUT2D eigenvalue weighted by Crippen LogP contribution is 2.41. The minimum atomic E-state index is -0.561. The summed E-state index contributed by atoms with van der Waals surface area (Å²) in [5, 5.41) is 4.37. The van der Waals surface area contributed by atoms with Crippen LogP contribution in [0.2, 0.25) is 0 Å². The van der Waals surface area contributed by atoms with Gasteiger partial charge in [0.2, 0.25) is 0 Å². The van der Waals surface area contributed by atoms with Crippen LogP contribution < -0.4 is 5.46 Å². The Bertz CT molecular complexity index is 3390. The van der Waals surface area contributed by atoms with E-state index in [0.717, 1.165) is 116 Å². The first-order chi connectivity index (χ1) is 31.7. The van der Waals surface area contributed by atoms with Gasteiger partial charge in [0.1, 0.15) is 22.3 Å². The maximum atomic E-state index is 6.71. The molecule has 0 radical (unpaired) electrons.